The Balaban J connectivity index is 1.57. The molecule has 1 atom stereocenters. The van der Waals surface area contributed by atoms with E-state index in [1.807, 2.05) is 18.3 Å². The molecule has 4 aromatic rings. The van der Waals surface area contributed by atoms with Gasteiger partial charge in [0.2, 0.25) is 11.9 Å². The molecule has 0 aliphatic heterocycles. The van der Waals surface area contributed by atoms with Gasteiger partial charge in [-0.3, -0.25) is 14.5 Å². The Kier molecular flexibility index (Phi) is 7.94. The Bertz CT molecular complexity index is 1500. The Morgan fingerprint density at radius 3 is 2.36 bits per heavy atom. The van der Waals surface area contributed by atoms with Gasteiger partial charge >= 0.3 is 5.97 Å². The van der Waals surface area contributed by atoms with Gasteiger partial charge in [-0.1, -0.05) is 12.1 Å². The fourth-order valence-corrected chi connectivity index (χ4v) is 4.39. The lowest BCUT2D eigenvalue weighted by Gasteiger charge is -2.30. The number of methoxy groups -OCH3 is 1. The average Bonchev–Trinajstić information content (AvgIpc) is 3.33. The number of primary amides is 1. The predicted octanol–water partition coefficient (Wildman–Crippen LogP) is 2.07. The van der Waals surface area contributed by atoms with Crippen LogP contribution in [-0.2, 0) is 27.2 Å². The normalized spacial score (nSPS) is 11.7. The molecule has 12 nitrogen and oxygen atoms in total. The van der Waals surface area contributed by atoms with Crippen molar-refractivity contribution >= 4 is 46.3 Å². The number of hydrogen-bond acceptors (Lipinski definition) is 9. The molecule has 39 heavy (non-hydrogen) atoms. The number of phenols is 1. The van der Waals surface area contributed by atoms with Crippen molar-refractivity contribution in [3.05, 3.63) is 71.4 Å². The van der Waals surface area contributed by atoms with Crippen molar-refractivity contribution in [2.24, 2.45) is 5.73 Å². The van der Waals surface area contributed by atoms with Crippen molar-refractivity contribution < 1.29 is 24.2 Å². The summed E-state index contributed by atoms with van der Waals surface area (Å²) in [5.41, 5.74) is 20.2. The number of carbonyl (C=O) groups is 3. The van der Waals surface area contributed by atoms with Gasteiger partial charge in [-0.15, -0.1) is 0 Å². The number of nitrogens with two attached hydrogens (primary N) is 3. The number of hydrogen-bond donors (Lipinski definition) is 5. The highest BCUT2D eigenvalue weighted by molar-refractivity contribution is 6.09. The van der Waals surface area contributed by atoms with Crippen LogP contribution in [0.2, 0.25) is 0 Å². The first kappa shape index (κ1) is 26.9. The summed E-state index contributed by atoms with van der Waals surface area (Å²) < 4.78 is 4.93. The number of nitrogens with zero attached hydrogens (tertiary/aromatic N) is 3. The van der Waals surface area contributed by atoms with Crippen molar-refractivity contribution in [2.45, 2.75) is 31.7 Å². The van der Waals surface area contributed by atoms with Crippen LogP contribution < -0.4 is 22.1 Å². The lowest BCUT2D eigenvalue weighted by Crippen LogP contribution is -2.46. The summed E-state index contributed by atoms with van der Waals surface area (Å²) in [6, 6.07) is 11.7. The van der Waals surface area contributed by atoms with Crippen LogP contribution in [0.3, 0.4) is 0 Å². The molecule has 202 valence electrons. The molecule has 4 rings (SSSR count). The first-order chi connectivity index (χ1) is 18.7. The number of aromatic hydroxyl groups is 1. The van der Waals surface area contributed by atoms with Crippen molar-refractivity contribution in [1.29, 1.82) is 0 Å². The zero-order valence-electron chi connectivity index (χ0n) is 21.3. The van der Waals surface area contributed by atoms with Gasteiger partial charge < -0.3 is 32.0 Å². The third-order valence-electron chi connectivity index (χ3n) is 6.34. The van der Waals surface area contributed by atoms with Crippen LogP contribution >= 0.6 is 0 Å². The Morgan fingerprint density at radius 2 is 1.72 bits per heavy atom. The number of phenolic OH excluding ortho intramolecular Hbond substituents is 1. The molecule has 2 heterocycles. The number of nitrogen functional groups attached to an aromatic ring is 2. The lowest BCUT2D eigenvalue weighted by molar-refractivity contribution is -0.142. The largest absolute Gasteiger partial charge is 0.508 e. The first-order valence-corrected chi connectivity index (χ1v) is 12.1. The summed E-state index contributed by atoms with van der Waals surface area (Å²) in [4.78, 5) is 50.4. The lowest BCUT2D eigenvalue weighted by atomic mass is 10.0. The van der Waals surface area contributed by atoms with Crippen molar-refractivity contribution in [2.75, 3.05) is 23.5 Å². The number of aryl methyl sites for hydroxylation is 2. The van der Waals surface area contributed by atoms with Crippen LogP contribution in [0.1, 0.15) is 34.3 Å². The quantitative estimate of drug-likeness (QED) is 0.190. The highest BCUT2D eigenvalue weighted by atomic mass is 16.5. The summed E-state index contributed by atoms with van der Waals surface area (Å²) in [6.07, 6.45) is 2.95. The van der Waals surface area contributed by atoms with Crippen LogP contribution in [-0.4, -0.2) is 51.0 Å². The van der Waals surface area contributed by atoms with Gasteiger partial charge in [0.25, 0.3) is 5.91 Å². The second-order valence-corrected chi connectivity index (χ2v) is 8.94. The molecule has 12 heteroatoms. The molecule has 0 aliphatic rings. The van der Waals surface area contributed by atoms with Crippen LogP contribution in [0.4, 0.5) is 17.5 Å². The number of H-pyrrole nitrogens is 1. The highest BCUT2D eigenvalue weighted by Crippen LogP contribution is 2.27. The van der Waals surface area contributed by atoms with Crippen LogP contribution in [0.25, 0.3) is 11.0 Å². The van der Waals surface area contributed by atoms with E-state index < -0.39 is 23.8 Å². The van der Waals surface area contributed by atoms with E-state index in [9.17, 15) is 19.5 Å². The van der Waals surface area contributed by atoms with Gasteiger partial charge in [0.1, 0.15) is 23.3 Å². The average molecular weight is 532 g/mol. The van der Waals surface area contributed by atoms with Crippen molar-refractivity contribution in [3.63, 3.8) is 0 Å². The van der Waals surface area contributed by atoms with E-state index in [0.29, 0.717) is 35.6 Å². The van der Waals surface area contributed by atoms with E-state index in [2.05, 4.69) is 15.0 Å². The summed E-state index contributed by atoms with van der Waals surface area (Å²) in [5.74, 6) is -1.39. The number of nitrogens with one attached hydrogen (secondary N) is 1. The van der Waals surface area contributed by atoms with Gasteiger partial charge in [-0.05, 0) is 66.8 Å². The van der Waals surface area contributed by atoms with E-state index in [-0.39, 0.29) is 24.5 Å². The molecular formula is C27H29N7O5. The van der Waals surface area contributed by atoms with Gasteiger partial charge in [0.15, 0.2) is 0 Å². The van der Waals surface area contributed by atoms with E-state index in [4.69, 9.17) is 21.9 Å². The Labute approximate surface area is 223 Å². The highest BCUT2D eigenvalue weighted by Gasteiger charge is 2.33. The summed E-state index contributed by atoms with van der Waals surface area (Å²) in [6.45, 7) is 0. The number of carbonyl (C=O) groups excluding carboxylic acids is 3. The van der Waals surface area contributed by atoms with E-state index in [1.165, 1.54) is 36.3 Å². The molecule has 0 saturated carbocycles. The molecule has 2 aromatic heterocycles. The molecule has 0 bridgehead atoms. The number of esters is 1. The van der Waals surface area contributed by atoms with Crippen LogP contribution in [0.5, 0.6) is 5.75 Å². The second kappa shape index (κ2) is 11.5. The SMILES string of the molecule is COC(=O)[C@H](CCC(N)=O)N(C(=O)c1ccc(CCc2c[nH]c3nc(N)nc(N)c23)cc1)c1ccc(O)cc1. The van der Waals surface area contributed by atoms with Crippen molar-refractivity contribution in [3.8, 4) is 5.75 Å². The van der Waals surface area contributed by atoms with Crippen molar-refractivity contribution in [1.82, 2.24) is 15.0 Å². The monoisotopic (exact) mass is 531 g/mol. The minimum absolute atomic E-state index is 0.00533. The topological polar surface area (TPSA) is 204 Å². The molecule has 0 unspecified atom stereocenters. The predicted molar refractivity (Wildman–Crippen MR) is 146 cm³/mol. The zero-order valence-corrected chi connectivity index (χ0v) is 21.3. The molecule has 0 spiro atoms. The molecule has 0 radical (unpaired) electrons. The Hall–Kier alpha value is -5.13. The maximum atomic E-state index is 13.7. The molecule has 0 saturated heterocycles. The number of ether oxygens (including phenoxy) is 1. The molecular weight excluding hydrogens is 502 g/mol. The van der Waals surface area contributed by atoms with Gasteiger partial charge in [0, 0.05) is 23.9 Å². The summed E-state index contributed by atoms with van der Waals surface area (Å²) >= 11 is 0. The summed E-state index contributed by atoms with van der Waals surface area (Å²) in [5, 5.41) is 10.4. The number of aromatic amines is 1. The molecule has 0 fully saturated rings. The Morgan fingerprint density at radius 1 is 1.03 bits per heavy atom. The molecule has 0 aliphatic carbocycles. The molecule has 8 N–H and O–H groups in total. The number of anilines is 3. The van der Waals surface area contributed by atoms with Gasteiger partial charge in [0.05, 0.1) is 12.5 Å². The first-order valence-electron chi connectivity index (χ1n) is 12.1. The maximum absolute atomic E-state index is 13.7. The van der Waals surface area contributed by atoms with Crippen LogP contribution in [0.15, 0.2) is 54.7 Å². The summed E-state index contributed by atoms with van der Waals surface area (Å²) in [7, 11) is 1.20. The fraction of sp³-hybridized carbons (Fsp3) is 0.222. The number of aromatic nitrogens is 3. The van der Waals surface area contributed by atoms with Gasteiger partial charge in [-0.25, -0.2) is 4.79 Å². The van der Waals surface area contributed by atoms with E-state index >= 15 is 0 Å². The number of benzene rings is 2. The molecule has 2 aromatic carbocycles. The van der Waals surface area contributed by atoms with E-state index in [1.54, 1.807) is 12.1 Å². The number of rotatable bonds is 10. The standard InChI is InChI=1S/C27H29N7O5/c1-39-26(38)20(12-13-21(28)36)34(18-8-10-19(35)11-9-18)25(37)16-5-2-15(3-6-16)4-7-17-14-31-24-22(17)23(29)32-27(30)33-24/h2-3,5-6,8-11,14,20,35H,4,7,12-13H2,1H3,(H2,28,36)(H5,29,30,31,32,33)/t20-/m0/s1. The minimum Gasteiger partial charge on any atom is -0.508 e. The number of amides is 2. The smallest absolute Gasteiger partial charge is 0.328 e. The van der Waals surface area contributed by atoms with Crippen LogP contribution in [0, 0.1) is 0 Å². The fourth-order valence-electron chi connectivity index (χ4n) is 4.39. The number of fused-ring (bicyclic) bond motifs is 1. The second-order valence-electron chi connectivity index (χ2n) is 8.94. The third-order valence-corrected chi connectivity index (χ3v) is 6.34. The minimum atomic E-state index is -1.11. The third kappa shape index (κ3) is 6.06. The van der Waals surface area contributed by atoms with E-state index in [0.717, 1.165) is 16.5 Å². The zero-order chi connectivity index (χ0) is 28.1. The molecule has 2 amide bonds. The maximum Gasteiger partial charge on any atom is 0.328 e. The van der Waals surface area contributed by atoms with Gasteiger partial charge in [-0.2, -0.15) is 9.97 Å².